The predicted molar refractivity (Wildman–Crippen MR) is 96.7 cm³/mol. The number of phenols is 1. The second-order valence-corrected chi connectivity index (χ2v) is 7.11. The maximum atomic E-state index is 12.5. The van der Waals surface area contributed by atoms with Gasteiger partial charge in [0.2, 0.25) is 0 Å². The molecule has 2 aromatic rings. The topological polar surface area (TPSA) is 48.2 Å². The van der Waals surface area contributed by atoms with Gasteiger partial charge in [-0.25, -0.2) is 0 Å². The number of thiophene rings is 1. The van der Waals surface area contributed by atoms with E-state index in [-0.39, 0.29) is 11.7 Å². The van der Waals surface area contributed by atoms with Gasteiger partial charge in [-0.05, 0) is 41.1 Å². The average Bonchev–Trinajstić information content (AvgIpc) is 3.08. The van der Waals surface area contributed by atoms with Crippen molar-refractivity contribution in [3.63, 3.8) is 0 Å². The minimum atomic E-state index is 0.230. The number of rotatable bonds is 5. The van der Waals surface area contributed by atoms with E-state index < -0.39 is 0 Å². The molecule has 0 spiro atoms. The zero-order valence-corrected chi connectivity index (χ0v) is 14.8. The molecule has 1 saturated heterocycles. The first-order valence-electron chi connectivity index (χ1n) is 8.26. The number of carbonyl (C=O) groups excluding carboxylic acids is 1. The molecule has 0 aliphatic carbocycles. The van der Waals surface area contributed by atoms with E-state index in [0.29, 0.717) is 6.54 Å². The van der Waals surface area contributed by atoms with Crippen LogP contribution in [-0.4, -0.2) is 55.7 Å². The van der Waals surface area contributed by atoms with Gasteiger partial charge in [-0.1, -0.05) is 0 Å². The molecule has 2 N–H and O–H groups in total. The molecule has 0 bridgehead atoms. The van der Waals surface area contributed by atoms with E-state index in [4.69, 9.17) is 0 Å². The molecule has 1 unspecified atom stereocenters. The summed E-state index contributed by atoms with van der Waals surface area (Å²) in [6.45, 7) is 4.61. The molecule has 1 aliphatic rings. The number of carbonyl (C=O) groups is 1. The fraction of sp³-hybridized carbons (Fsp3) is 0.389. The first-order chi connectivity index (χ1) is 11.6. The molecule has 2 heterocycles. The predicted octanol–water partition coefficient (Wildman–Crippen LogP) is 0.817. The Kier molecular flexibility index (Phi) is 5.37. The second kappa shape index (κ2) is 7.68. The third-order valence-electron chi connectivity index (χ3n) is 4.39. The van der Waals surface area contributed by atoms with Crippen molar-refractivity contribution in [3.05, 3.63) is 46.7 Å². The molecule has 1 aliphatic heterocycles. The number of hydrogen-bond acceptors (Lipinski definition) is 4. The summed E-state index contributed by atoms with van der Waals surface area (Å²) in [7, 11) is 2.07. The van der Waals surface area contributed by atoms with E-state index in [9.17, 15) is 9.90 Å². The van der Waals surface area contributed by atoms with E-state index in [1.807, 2.05) is 17.0 Å². The maximum Gasteiger partial charge on any atom is 0.277 e. The van der Waals surface area contributed by atoms with Crippen LogP contribution in [0.1, 0.15) is 5.56 Å². The summed E-state index contributed by atoms with van der Waals surface area (Å²) < 4.78 is 0. The molecular formula is C18H24N3O2S+. The number of aromatic hydroxyl groups is 1. The quantitative estimate of drug-likeness (QED) is 0.843. The molecule has 24 heavy (non-hydrogen) atoms. The highest BCUT2D eigenvalue weighted by molar-refractivity contribution is 7.07. The SMILES string of the molecule is C[NH+](CC(=O)N1CCN(c2ccc(O)cc2)CC1)Cc1ccsc1. The van der Waals surface area contributed by atoms with E-state index in [0.717, 1.165) is 38.4 Å². The number of anilines is 1. The Morgan fingerprint density at radius 2 is 1.88 bits per heavy atom. The lowest BCUT2D eigenvalue weighted by Gasteiger charge is -2.36. The van der Waals surface area contributed by atoms with E-state index in [1.165, 1.54) is 10.5 Å². The van der Waals surface area contributed by atoms with Crippen molar-refractivity contribution in [1.29, 1.82) is 0 Å². The molecule has 1 amide bonds. The second-order valence-electron chi connectivity index (χ2n) is 6.33. The van der Waals surface area contributed by atoms with Crippen LogP contribution in [0.25, 0.3) is 0 Å². The van der Waals surface area contributed by atoms with Gasteiger partial charge in [0.15, 0.2) is 6.54 Å². The highest BCUT2D eigenvalue weighted by Crippen LogP contribution is 2.19. The molecule has 1 aromatic heterocycles. The number of hydrogen-bond donors (Lipinski definition) is 2. The molecule has 0 saturated carbocycles. The standard InChI is InChI=1S/C18H23N3O2S/c1-19(12-15-6-11-24-14-15)13-18(23)21-9-7-20(8-10-21)16-2-4-17(22)5-3-16/h2-6,11,14,22H,7-10,12-13H2,1H3/p+1. The van der Waals surface area contributed by atoms with Gasteiger partial charge in [0, 0.05) is 37.4 Å². The fourth-order valence-electron chi connectivity index (χ4n) is 3.05. The van der Waals surface area contributed by atoms with Gasteiger partial charge in [-0.2, -0.15) is 11.3 Å². The van der Waals surface area contributed by atoms with Crippen LogP contribution in [0.3, 0.4) is 0 Å². The summed E-state index contributed by atoms with van der Waals surface area (Å²) in [6, 6.07) is 9.37. The third kappa shape index (κ3) is 4.27. The summed E-state index contributed by atoms with van der Waals surface area (Å²) in [5.74, 6) is 0.511. The van der Waals surface area contributed by atoms with Crippen LogP contribution in [-0.2, 0) is 11.3 Å². The number of nitrogens with zero attached hydrogens (tertiary/aromatic N) is 2. The van der Waals surface area contributed by atoms with Crippen molar-refractivity contribution in [2.45, 2.75) is 6.54 Å². The van der Waals surface area contributed by atoms with Crippen molar-refractivity contribution in [3.8, 4) is 5.75 Å². The molecule has 0 radical (unpaired) electrons. The van der Waals surface area contributed by atoms with Gasteiger partial charge in [-0.3, -0.25) is 4.79 Å². The Balaban J connectivity index is 1.47. The third-order valence-corrected chi connectivity index (χ3v) is 5.12. The van der Waals surface area contributed by atoms with E-state index in [1.54, 1.807) is 23.5 Å². The number of likely N-dealkylation sites (N-methyl/N-ethyl adjacent to an activating group) is 1. The van der Waals surface area contributed by atoms with Crippen molar-refractivity contribution in [2.24, 2.45) is 0 Å². The Bertz CT molecular complexity index is 649. The maximum absolute atomic E-state index is 12.5. The van der Waals surface area contributed by atoms with Crippen LogP contribution in [0.5, 0.6) is 5.75 Å². The van der Waals surface area contributed by atoms with Gasteiger partial charge in [0.25, 0.3) is 5.91 Å². The van der Waals surface area contributed by atoms with Gasteiger partial charge in [0.05, 0.1) is 7.05 Å². The van der Waals surface area contributed by atoms with Crippen molar-refractivity contribution >= 4 is 22.9 Å². The lowest BCUT2D eigenvalue weighted by atomic mass is 10.2. The Labute approximate surface area is 146 Å². The molecular weight excluding hydrogens is 322 g/mol. The average molecular weight is 346 g/mol. The summed E-state index contributed by atoms with van der Waals surface area (Å²) in [6.07, 6.45) is 0. The Morgan fingerprint density at radius 1 is 1.17 bits per heavy atom. The van der Waals surface area contributed by atoms with Gasteiger partial charge < -0.3 is 19.8 Å². The summed E-state index contributed by atoms with van der Waals surface area (Å²) in [4.78, 5) is 17.9. The molecule has 6 heteroatoms. The minimum Gasteiger partial charge on any atom is -0.508 e. The smallest absolute Gasteiger partial charge is 0.277 e. The van der Waals surface area contributed by atoms with Gasteiger partial charge in [-0.15, -0.1) is 0 Å². The monoisotopic (exact) mass is 346 g/mol. The van der Waals surface area contributed by atoms with Crippen molar-refractivity contribution in [1.82, 2.24) is 4.90 Å². The van der Waals surface area contributed by atoms with Crippen molar-refractivity contribution < 1.29 is 14.8 Å². The zero-order valence-electron chi connectivity index (χ0n) is 13.9. The largest absolute Gasteiger partial charge is 0.508 e. The number of benzene rings is 1. The summed E-state index contributed by atoms with van der Waals surface area (Å²) >= 11 is 1.70. The molecule has 1 atom stereocenters. The van der Waals surface area contributed by atoms with Crippen LogP contribution in [0, 0.1) is 0 Å². The van der Waals surface area contributed by atoms with Crippen molar-refractivity contribution in [2.75, 3.05) is 44.7 Å². The van der Waals surface area contributed by atoms with E-state index in [2.05, 4.69) is 28.8 Å². The lowest BCUT2D eigenvalue weighted by Crippen LogP contribution is -3.08. The molecule has 5 nitrogen and oxygen atoms in total. The molecule has 1 aromatic carbocycles. The Morgan fingerprint density at radius 3 is 2.50 bits per heavy atom. The minimum absolute atomic E-state index is 0.230. The van der Waals surface area contributed by atoms with Crippen LogP contribution >= 0.6 is 11.3 Å². The van der Waals surface area contributed by atoms with Crippen LogP contribution in [0.2, 0.25) is 0 Å². The highest BCUT2D eigenvalue weighted by atomic mass is 32.1. The first kappa shape index (κ1) is 16.8. The highest BCUT2D eigenvalue weighted by Gasteiger charge is 2.23. The molecule has 3 rings (SSSR count). The zero-order chi connectivity index (χ0) is 16.9. The summed E-state index contributed by atoms with van der Waals surface area (Å²) in [5.41, 5.74) is 2.39. The van der Waals surface area contributed by atoms with Gasteiger partial charge in [0.1, 0.15) is 12.3 Å². The van der Waals surface area contributed by atoms with Crippen LogP contribution in [0.15, 0.2) is 41.1 Å². The molecule has 1 fully saturated rings. The number of nitrogens with one attached hydrogen (secondary N) is 1. The van der Waals surface area contributed by atoms with Gasteiger partial charge >= 0.3 is 0 Å². The number of phenolic OH excluding ortho intramolecular Hbond substituents is 1. The van der Waals surface area contributed by atoms with E-state index >= 15 is 0 Å². The first-order valence-corrected chi connectivity index (χ1v) is 9.20. The number of quaternary nitrogens is 1. The van der Waals surface area contributed by atoms with Crippen LogP contribution in [0.4, 0.5) is 5.69 Å². The Hall–Kier alpha value is -2.05. The molecule has 128 valence electrons. The van der Waals surface area contributed by atoms with Crippen LogP contribution < -0.4 is 9.80 Å². The normalized spacial score (nSPS) is 16.2. The lowest BCUT2D eigenvalue weighted by molar-refractivity contribution is -0.885. The summed E-state index contributed by atoms with van der Waals surface area (Å²) in [5, 5.41) is 13.6. The number of amides is 1. The number of piperazine rings is 1. The fourth-order valence-corrected chi connectivity index (χ4v) is 3.72.